The van der Waals surface area contributed by atoms with Crippen LogP contribution in [-0.2, 0) is 21.2 Å². The molecule has 0 fully saturated rings. The molecule has 0 spiro atoms. The van der Waals surface area contributed by atoms with Gasteiger partial charge in [0.25, 0.3) is 0 Å². The molecular weight excluding hydrogens is 426 g/mol. The third-order valence-corrected chi connectivity index (χ3v) is 6.28. The predicted molar refractivity (Wildman–Crippen MR) is 115 cm³/mol. The van der Waals surface area contributed by atoms with Gasteiger partial charge in [-0.1, -0.05) is 41.4 Å². The van der Waals surface area contributed by atoms with Crippen molar-refractivity contribution in [1.82, 2.24) is 15.0 Å². The topological polar surface area (TPSA) is 101 Å². The molecule has 3 aromatic rings. The Morgan fingerprint density at radius 2 is 1.83 bits per heavy atom. The number of amides is 1. The van der Waals surface area contributed by atoms with Crippen molar-refractivity contribution in [3.05, 3.63) is 71.1 Å². The van der Waals surface area contributed by atoms with Gasteiger partial charge in [-0.15, -0.1) is 0 Å². The smallest absolute Gasteiger partial charge is 0.242 e. The number of sulfonamides is 1. The Balaban J connectivity index is 1.41. The lowest BCUT2D eigenvalue weighted by Crippen LogP contribution is -2.31. The molecule has 1 heterocycles. The summed E-state index contributed by atoms with van der Waals surface area (Å²) in [5, 5.41) is 2.88. The Morgan fingerprint density at radius 1 is 1.10 bits per heavy atom. The fourth-order valence-corrected chi connectivity index (χ4v) is 4.26. The largest absolute Gasteiger partial charge is 0.444 e. The van der Waals surface area contributed by atoms with E-state index >= 15 is 0 Å². The first kappa shape index (κ1) is 22.0. The minimum Gasteiger partial charge on any atom is -0.444 e. The number of hydrogen-bond donors (Lipinski definition) is 2. The second kappa shape index (κ2) is 9.88. The minimum atomic E-state index is -3.76. The van der Waals surface area contributed by atoms with Crippen molar-refractivity contribution >= 4 is 27.5 Å². The van der Waals surface area contributed by atoms with Gasteiger partial charge in [-0.2, -0.15) is 0 Å². The zero-order chi connectivity index (χ0) is 21.6. The molecule has 30 heavy (non-hydrogen) atoms. The van der Waals surface area contributed by atoms with Crippen molar-refractivity contribution in [3.63, 3.8) is 0 Å². The van der Waals surface area contributed by atoms with Crippen molar-refractivity contribution in [2.45, 2.75) is 24.7 Å². The van der Waals surface area contributed by atoms with E-state index in [0.717, 1.165) is 16.8 Å². The van der Waals surface area contributed by atoms with Gasteiger partial charge in [0.2, 0.25) is 21.8 Å². The van der Waals surface area contributed by atoms with Crippen LogP contribution in [0.5, 0.6) is 0 Å². The van der Waals surface area contributed by atoms with E-state index in [-0.39, 0.29) is 28.8 Å². The molecule has 158 valence electrons. The number of benzene rings is 2. The maximum Gasteiger partial charge on any atom is 0.242 e. The summed E-state index contributed by atoms with van der Waals surface area (Å²) < 4.78 is 32.3. The molecule has 0 bridgehead atoms. The van der Waals surface area contributed by atoms with Gasteiger partial charge in [0.1, 0.15) is 11.2 Å². The number of carbonyl (C=O) groups excluding carboxylic acids is 1. The molecule has 9 heteroatoms. The first-order valence-corrected chi connectivity index (χ1v) is 11.2. The van der Waals surface area contributed by atoms with Gasteiger partial charge in [-0.25, -0.2) is 18.1 Å². The Kier molecular flexibility index (Phi) is 7.25. The molecular formula is C21H22ClN3O4S. The average molecular weight is 448 g/mol. The van der Waals surface area contributed by atoms with E-state index in [2.05, 4.69) is 15.0 Å². The fourth-order valence-electron chi connectivity index (χ4n) is 2.71. The van der Waals surface area contributed by atoms with E-state index in [9.17, 15) is 13.2 Å². The van der Waals surface area contributed by atoms with Crippen molar-refractivity contribution in [2.75, 3.05) is 13.1 Å². The molecule has 0 aliphatic rings. The van der Waals surface area contributed by atoms with E-state index < -0.39 is 10.0 Å². The number of nitrogens with zero attached hydrogens (tertiary/aromatic N) is 1. The highest BCUT2D eigenvalue weighted by Gasteiger charge is 2.17. The molecule has 0 radical (unpaired) electrons. The minimum absolute atomic E-state index is 0.0110. The maximum absolute atomic E-state index is 12.2. The van der Waals surface area contributed by atoms with Crippen LogP contribution < -0.4 is 10.0 Å². The molecule has 0 atom stereocenters. The fraction of sp³-hybridized carbons (Fsp3) is 0.238. The van der Waals surface area contributed by atoms with Gasteiger partial charge >= 0.3 is 0 Å². The zero-order valence-corrected chi connectivity index (χ0v) is 18.0. The number of nitrogens with one attached hydrogen (secondary N) is 2. The molecule has 3 rings (SSSR count). The second-order valence-corrected chi connectivity index (χ2v) is 8.83. The van der Waals surface area contributed by atoms with Crippen LogP contribution in [0, 0.1) is 6.92 Å². The normalized spacial score (nSPS) is 11.4. The van der Waals surface area contributed by atoms with Crippen LogP contribution in [-0.4, -0.2) is 32.4 Å². The summed E-state index contributed by atoms with van der Waals surface area (Å²) in [4.78, 5) is 16.4. The lowest BCUT2D eigenvalue weighted by Gasteiger charge is -2.08. The van der Waals surface area contributed by atoms with Gasteiger partial charge in [-0.05, 0) is 31.2 Å². The zero-order valence-electron chi connectivity index (χ0n) is 16.4. The Labute approximate surface area is 180 Å². The van der Waals surface area contributed by atoms with Crippen LogP contribution in [0.2, 0.25) is 5.02 Å². The highest BCUT2D eigenvalue weighted by Crippen LogP contribution is 2.20. The summed E-state index contributed by atoms with van der Waals surface area (Å²) in [6, 6.07) is 14.0. The molecule has 0 saturated carbocycles. The molecule has 2 N–H and O–H groups in total. The van der Waals surface area contributed by atoms with Crippen LogP contribution >= 0.6 is 11.6 Å². The van der Waals surface area contributed by atoms with E-state index in [0.29, 0.717) is 18.9 Å². The molecule has 0 aliphatic carbocycles. The van der Waals surface area contributed by atoms with Crippen LogP contribution in [0.4, 0.5) is 0 Å². The summed E-state index contributed by atoms with van der Waals surface area (Å²) in [5.41, 5.74) is 2.77. The van der Waals surface area contributed by atoms with Crippen molar-refractivity contribution in [2.24, 2.45) is 0 Å². The molecule has 1 aromatic heterocycles. The number of carbonyl (C=O) groups is 1. The number of oxazole rings is 1. The Bertz CT molecular complexity index is 1110. The number of rotatable bonds is 9. The highest BCUT2D eigenvalue weighted by molar-refractivity contribution is 7.89. The second-order valence-electron chi connectivity index (χ2n) is 6.69. The van der Waals surface area contributed by atoms with Gasteiger partial charge in [0.05, 0.1) is 10.7 Å². The summed E-state index contributed by atoms with van der Waals surface area (Å²) in [5.74, 6) is 0.268. The third-order valence-electron chi connectivity index (χ3n) is 4.32. The molecule has 1 amide bonds. The summed E-state index contributed by atoms with van der Waals surface area (Å²) in [7, 11) is -3.76. The third kappa shape index (κ3) is 5.91. The van der Waals surface area contributed by atoms with Crippen LogP contribution in [0.15, 0.2) is 64.1 Å². The molecule has 0 unspecified atom stereocenters. The van der Waals surface area contributed by atoms with E-state index in [1.54, 1.807) is 18.4 Å². The quantitative estimate of drug-likeness (QED) is 0.524. The summed E-state index contributed by atoms with van der Waals surface area (Å²) in [6.45, 7) is 2.35. The van der Waals surface area contributed by atoms with Crippen molar-refractivity contribution in [3.8, 4) is 11.5 Å². The van der Waals surface area contributed by atoms with E-state index in [1.807, 2.05) is 31.2 Å². The molecule has 0 saturated heterocycles. The summed E-state index contributed by atoms with van der Waals surface area (Å²) in [6.07, 6.45) is 2.09. The van der Waals surface area contributed by atoms with Gasteiger partial charge in [0.15, 0.2) is 0 Å². The lowest BCUT2D eigenvalue weighted by molar-refractivity contribution is -0.120. The number of hydrogen-bond acceptors (Lipinski definition) is 5. The van der Waals surface area contributed by atoms with Crippen LogP contribution in [0.25, 0.3) is 11.5 Å². The Morgan fingerprint density at radius 3 is 2.57 bits per heavy atom. The van der Waals surface area contributed by atoms with Gasteiger partial charge < -0.3 is 9.73 Å². The van der Waals surface area contributed by atoms with E-state index in [4.69, 9.17) is 16.0 Å². The van der Waals surface area contributed by atoms with Crippen LogP contribution in [0.3, 0.4) is 0 Å². The SMILES string of the molecule is Cc1ccc(-c2nc(CCNC(=O)CCNS(=O)(=O)c3ccccc3Cl)co2)cc1. The molecule has 0 aliphatic heterocycles. The molecule has 7 nitrogen and oxygen atoms in total. The average Bonchev–Trinajstić information content (AvgIpc) is 3.17. The van der Waals surface area contributed by atoms with Crippen molar-refractivity contribution < 1.29 is 17.6 Å². The number of halogens is 1. The van der Waals surface area contributed by atoms with Crippen molar-refractivity contribution in [1.29, 1.82) is 0 Å². The van der Waals surface area contributed by atoms with Crippen LogP contribution in [0.1, 0.15) is 17.7 Å². The van der Waals surface area contributed by atoms with Gasteiger partial charge in [-0.3, -0.25) is 4.79 Å². The standard InChI is InChI=1S/C21H22ClN3O4S/c1-15-6-8-16(9-7-15)21-25-17(14-29-21)10-12-23-20(26)11-13-24-30(27,28)19-5-3-2-4-18(19)22/h2-9,14,24H,10-13H2,1H3,(H,23,26). The maximum atomic E-state index is 12.2. The first-order valence-electron chi connectivity index (χ1n) is 9.37. The lowest BCUT2D eigenvalue weighted by atomic mass is 10.1. The Hall–Kier alpha value is -2.68. The van der Waals surface area contributed by atoms with E-state index in [1.165, 1.54) is 12.1 Å². The predicted octanol–water partition coefficient (Wildman–Crippen LogP) is 3.33. The molecule has 2 aromatic carbocycles. The number of aryl methyl sites for hydroxylation is 1. The summed E-state index contributed by atoms with van der Waals surface area (Å²) >= 11 is 5.91. The highest BCUT2D eigenvalue weighted by atomic mass is 35.5. The number of aromatic nitrogens is 1. The van der Waals surface area contributed by atoms with Gasteiger partial charge in [0, 0.05) is 31.5 Å². The monoisotopic (exact) mass is 447 g/mol. The first-order chi connectivity index (χ1) is 14.3.